The zero-order valence-corrected chi connectivity index (χ0v) is 11.8. The van der Waals surface area contributed by atoms with Crippen molar-refractivity contribution < 1.29 is 9.18 Å². The van der Waals surface area contributed by atoms with Crippen LogP contribution in [0.3, 0.4) is 0 Å². The Labute approximate surface area is 119 Å². The maximum atomic E-state index is 13.6. The molecule has 1 unspecified atom stereocenters. The highest BCUT2D eigenvalue weighted by atomic mass is 79.9. The number of hydrogen-bond donors (Lipinski definition) is 1. The van der Waals surface area contributed by atoms with Crippen LogP contribution in [-0.2, 0) is 0 Å². The van der Waals surface area contributed by atoms with Gasteiger partial charge in [-0.2, -0.15) is 0 Å². The summed E-state index contributed by atoms with van der Waals surface area (Å²) in [6.45, 7) is 1.74. The number of carbonyl (C=O) groups is 1. The molecule has 0 bridgehead atoms. The number of nitrogens with zero attached hydrogens (tertiary/aromatic N) is 1. The molecule has 0 aliphatic carbocycles. The normalized spacial score (nSPS) is 11.9. The monoisotopic (exact) mass is 322 g/mol. The molecule has 19 heavy (non-hydrogen) atoms. The van der Waals surface area contributed by atoms with Crippen LogP contribution in [0.4, 0.5) is 4.39 Å². The number of pyridine rings is 1. The highest BCUT2D eigenvalue weighted by Gasteiger charge is 2.14. The smallest absolute Gasteiger partial charge is 0.253 e. The minimum atomic E-state index is -0.410. The number of rotatable bonds is 3. The van der Waals surface area contributed by atoms with Gasteiger partial charge in [0.05, 0.1) is 11.6 Å². The molecule has 1 aromatic heterocycles. The lowest BCUT2D eigenvalue weighted by atomic mass is 10.1. The minimum Gasteiger partial charge on any atom is -0.345 e. The molecule has 1 amide bonds. The maximum Gasteiger partial charge on any atom is 0.253 e. The van der Waals surface area contributed by atoms with Crippen LogP contribution in [0.2, 0.25) is 0 Å². The number of hydrogen-bond acceptors (Lipinski definition) is 2. The number of amides is 1. The molecule has 0 aliphatic rings. The van der Waals surface area contributed by atoms with Crippen molar-refractivity contribution in [3.63, 3.8) is 0 Å². The van der Waals surface area contributed by atoms with Crippen LogP contribution in [0.5, 0.6) is 0 Å². The summed E-state index contributed by atoms with van der Waals surface area (Å²) in [7, 11) is 0. The third kappa shape index (κ3) is 3.38. The van der Waals surface area contributed by atoms with E-state index in [-0.39, 0.29) is 11.7 Å². The molecule has 1 aromatic carbocycles. The van der Waals surface area contributed by atoms with Crippen molar-refractivity contribution in [2.24, 2.45) is 0 Å². The van der Waals surface area contributed by atoms with Crippen LogP contribution >= 0.6 is 15.9 Å². The van der Waals surface area contributed by atoms with Crippen molar-refractivity contribution in [3.8, 4) is 0 Å². The molecule has 3 nitrogen and oxygen atoms in total. The first-order valence-corrected chi connectivity index (χ1v) is 6.53. The Hall–Kier alpha value is -1.75. The zero-order valence-electron chi connectivity index (χ0n) is 10.2. The van der Waals surface area contributed by atoms with Gasteiger partial charge >= 0.3 is 0 Å². The Balaban J connectivity index is 2.13. The molecular weight excluding hydrogens is 311 g/mol. The molecule has 1 N–H and O–H groups in total. The van der Waals surface area contributed by atoms with Gasteiger partial charge in [0.15, 0.2) is 0 Å². The molecule has 1 heterocycles. The van der Waals surface area contributed by atoms with Crippen molar-refractivity contribution in [2.45, 2.75) is 13.0 Å². The van der Waals surface area contributed by atoms with Crippen molar-refractivity contribution in [2.75, 3.05) is 0 Å². The lowest BCUT2D eigenvalue weighted by molar-refractivity contribution is 0.0939. The topological polar surface area (TPSA) is 42.0 Å². The van der Waals surface area contributed by atoms with Crippen molar-refractivity contribution in [3.05, 3.63) is 64.1 Å². The van der Waals surface area contributed by atoms with Crippen molar-refractivity contribution in [1.29, 1.82) is 0 Å². The van der Waals surface area contributed by atoms with Crippen LogP contribution < -0.4 is 5.32 Å². The average Bonchev–Trinajstić information content (AvgIpc) is 2.39. The fourth-order valence-corrected chi connectivity index (χ4v) is 2.08. The highest BCUT2D eigenvalue weighted by Crippen LogP contribution is 2.17. The lowest BCUT2D eigenvalue weighted by Crippen LogP contribution is -2.27. The van der Waals surface area contributed by atoms with Crippen LogP contribution in [0.25, 0.3) is 0 Å². The Morgan fingerprint density at radius 1 is 1.37 bits per heavy atom. The first kappa shape index (κ1) is 13.7. The number of benzene rings is 1. The summed E-state index contributed by atoms with van der Waals surface area (Å²) in [6, 6.07) is 7.63. The van der Waals surface area contributed by atoms with Gasteiger partial charge < -0.3 is 5.32 Å². The quantitative estimate of drug-likeness (QED) is 0.940. The standard InChI is InChI=1S/C14H12BrFN2O/c1-9(12-4-2-3-5-13(12)16)18-14(19)10-6-11(15)8-17-7-10/h2-9H,1H3,(H,18,19). The third-order valence-corrected chi connectivity index (χ3v) is 3.12. The first-order chi connectivity index (χ1) is 9.08. The SMILES string of the molecule is CC(NC(=O)c1cncc(Br)c1)c1ccccc1F. The van der Waals surface area contributed by atoms with Gasteiger partial charge in [-0.15, -0.1) is 0 Å². The Kier molecular flexibility index (Phi) is 4.27. The number of halogens is 2. The van der Waals surface area contributed by atoms with E-state index in [1.807, 2.05) is 0 Å². The molecule has 0 saturated carbocycles. The summed E-state index contributed by atoms with van der Waals surface area (Å²) in [5.41, 5.74) is 0.886. The second-order valence-electron chi connectivity index (χ2n) is 4.11. The summed E-state index contributed by atoms with van der Waals surface area (Å²) in [5.74, 6) is -0.618. The van der Waals surface area contributed by atoms with Gasteiger partial charge in [0.25, 0.3) is 5.91 Å². The maximum absolute atomic E-state index is 13.6. The van der Waals surface area contributed by atoms with Crippen LogP contribution in [0, 0.1) is 5.82 Å². The Morgan fingerprint density at radius 2 is 2.11 bits per heavy atom. The number of carbonyl (C=O) groups excluding carboxylic acids is 1. The molecule has 2 rings (SSSR count). The summed E-state index contributed by atoms with van der Waals surface area (Å²) in [4.78, 5) is 15.9. The van der Waals surface area contributed by atoms with Crippen LogP contribution in [0.15, 0.2) is 47.2 Å². The molecule has 0 aliphatic heterocycles. The van der Waals surface area contributed by atoms with Gasteiger partial charge in [0.1, 0.15) is 5.82 Å². The van der Waals surface area contributed by atoms with Gasteiger partial charge in [-0.05, 0) is 35.0 Å². The third-order valence-electron chi connectivity index (χ3n) is 2.69. The largest absolute Gasteiger partial charge is 0.345 e. The molecule has 1 atom stereocenters. The van der Waals surface area contributed by atoms with Gasteiger partial charge in [-0.25, -0.2) is 4.39 Å². The van der Waals surface area contributed by atoms with Gasteiger partial charge in [-0.1, -0.05) is 18.2 Å². The van der Waals surface area contributed by atoms with E-state index < -0.39 is 6.04 Å². The molecule has 0 saturated heterocycles. The van der Waals surface area contributed by atoms with Crippen LogP contribution in [0.1, 0.15) is 28.9 Å². The summed E-state index contributed by atoms with van der Waals surface area (Å²) < 4.78 is 14.3. The first-order valence-electron chi connectivity index (χ1n) is 5.74. The number of aromatic nitrogens is 1. The summed E-state index contributed by atoms with van der Waals surface area (Å²) >= 11 is 3.25. The van der Waals surface area contributed by atoms with E-state index in [1.54, 1.807) is 37.4 Å². The summed E-state index contributed by atoms with van der Waals surface area (Å²) in [6.07, 6.45) is 3.06. The van der Waals surface area contributed by atoms with E-state index in [4.69, 9.17) is 0 Å². The second kappa shape index (κ2) is 5.93. The molecular formula is C14H12BrFN2O. The fourth-order valence-electron chi connectivity index (χ4n) is 1.72. The van der Waals surface area contributed by atoms with E-state index in [1.165, 1.54) is 12.3 Å². The fraction of sp³-hybridized carbons (Fsp3) is 0.143. The molecule has 0 spiro atoms. The predicted molar refractivity (Wildman–Crippen MR) is 74.2 cm³/mol. The molecule has 98 valence electrons. The molecule has 5 heteroatoms. The second-order valence-corrected chi connectivity index (χ2v) is 5.02. The van der Waals surface area contributed by atoms with Crippen molar-refractivity contribution >= 4 is 21.8 Å². The van der Waals surface area contributed by atoms with Gasteiger partial charge in [0.2, 0.25) is 0 Å². The highest BCUT2D eigenvalue weighted by molar-refractivity contribution is 9.10. The minimum absolute atomic E-state index is 0.287. The van der Waals surface area contributed by atoms with Crippen LogP contribution in [-0.4, -0.2) is 10.9 Å². The van der Waals surface area contributed by atoms with Gasteiger partial charge in [-0.3, -0.25) is 9.78 Å². The molecule has 0 radical (unpaired) electrons. The Bertz CT molecular complexity index is 604. The van der Waals surface area contributed by atoms with E-state index in [0.29, 0.717) is 11.1 Å². The predicted octanol–water partition coefficient (Wildman–Crippen LogP) is 3.47. The van der Waals surface area contributed by atoms with E-state index in [2.05, 4.69) is 26.2 Å². The number of nitrogens with one attached hydrogen (secondary N) is 1. The zero-order chi connectivity index (χ0) is 13.8. The van der Waals surface area contributed by atoms with E-state index in [0.717, 1.165) is 4.47 Å². The molecule has 0 fully saturated rings. The van der Waals surface area contributed by atoms with E-state index >= 15 is 0 Å². The van der Waals surface area contributed by atoms with Crippen molar-refractivity contribution in [1.82, 2.24) is 10.3 Å². The lowest BCUT2D eigenvalue weighted by Gasteiger charge is -2.15. The Morgan fingerprint density at radius 3 is 2.79 bits per heavy atom. The summed E-state index contributed by atoms with van der Waals surface area (Å²) in [5, 5.41) is 2.74. The van der Waals surface area contributed by atoms with Gasteiger partial charge in [0, 0.05) is 22.4 Å². The van der Waals surface area contributed by atoms with E-state index in [9.17, 15) is 9.18 Å². The average molecular weight is 323 g/mol. The molecule has 2 aromatic rings.